The summed E-state index contributed by atoms with van der Waals surface area (Å²) < 4.78 is 6.01. The van der Waals surface area contributed by atoms with E-state index < -0.39 is 0 Å². The quantitative estimate of drug-likeness (QED) is 0.377. The van der Waals surface area contributed by atoms with E-state index in [-0.39, 0.29) is 5.41 Å². The second-order valence-electron chi connectivity index (χ2n) is 8.50. The molecular formula is C24H40N2OS. The highest BCUT2D eigenvalue weighted by molar-refractivity contribution is 7.80. The van der Waals surface area contributed by atoms with Gasteiger partial charge in [0.2, 0.25) is 0 Å². The number of hydrogen-bond acceptors (Lipinski definition) is 3. The van der Waals surface area contributed by atoms with Crippen LogP contribution in [0.25, 0.3) is 0 Å². The van der Waals surface area contributed by atoms with E-state index in [1.807, 2.05) is 6.07 Å². The molecule has 1 fully saturated rings. The standard InChI is InChI=1S/C24H40N2OS/c1-6-9-10-11-16-25-17-15-24(5,20(4)19-25)21-13-12-14-22(18-21)27-23(28)26(7-2)8-3/h12-14,18,20H,6-11,15-17,19H2,1-5H3. The molecule has 3 nitrogen and oxygen atoms in total. The molecule has 1 aromatic carbocycles. The van der Waals surface area contributed by atoms with Crippen molar-refractivity contribution < 1.29 is 4.74 Å². The first-order valence-electron chi connectivity index (χ1n) is 11.2. The number of likely N-dealkylation sites (tertiary alicyclic amines) is 1. The highest BCUT2D eigenvalue weighted by Gasteiger charge is 2.38. The van der Waals surface area contributed by atoms with Gasteiger partial charge in [-0.2, -0.15) is 0 Å². The minimum atomic E-state index is 0.191. The average Bonchev–Trinajstić information content (AvgIpc) is 2.69. The molecule has 0 spiro atoms. The first-order chi connectivity index (χ1) is 13.4. The van der Waals surface area contributed by atoms with E-state index in [1.54, 1.807) is 0 Å². The minimum Gasteiger partial charge on any atom is -0.432 e. The van der Waals surface area contributed by atoms with Gasteiger partial charge in [-0.05, 0) is 81.0 Å². The average molecular weight is 405 g/mol. The van der Waals surface area contributed by atoms with Crippen LogP contribution < -0.4 is 4.74 Å². The number of nitrogens with zero attached hydrogens (tertiary/aromatic N) is 2. The Bertz CT molecular complexity index is 616. The molecule has 0 N–H and O–H groups in total. The fourth-order valence-corrected chi connectivity index (χ4v) is 4.63. The molecule has 1 saturated heterocycles. The molecule has 2 atom stereocenters. The number of piperidine rings is 1. The molecule has 0 bridgehead atoms. The predicted octanol–water partition coefficient (Wildman–Crippen LogP) is 5.87. The van der Waals surface area contributed by atoms with Crippen LogP contribution in [-0.2, 0) is 5.41 Å². The predicted molar refractivity (Wildman–Crippen MR) is 124 cm³/mol. The molecule has 158 valence electrons. The molecule has 0 saturated carbocycles. The van der Waals surface area contributed by atoms with Crippen LogP contribution in [0.5, 0.6) is 5.75 Å². The fraction of sp³-hybridized carbons (Fsp3) is 0.708. The van der Waals surface area contributed by atoms with E-state index in [4.69, 9.17) is 17.0 Å². The second kappa shape index (κ2) is 11.2. The second-order valence-corrected chi connectivity index (χ2v) is 8.85. The highest BCUT2D eigenvalue weighted by Crippen LogP contribution is 2.40. The van der Waals surface area contributed by atoms with E-state index in [1.165, 1.54) is 57.3 Å². The number of ether oxygens (including phenoxy) is 1. The van der Waals surface area contributed by atoms with Crippen LogP contribution in [-0.4, -0.2) is 47.7 Å². The van der Waals surface area contributed by atoms with Gasteiger partial charge in [0.1, 0.15) is 5.75 Å². The van der Waals surface area contributed by atoms with Crippen LogP contribution in [0.1, 0.15) is 72.3 Å². The van der Waals surface area contributed by atoms with Crippen LogP contribution in [0.3, 0.4) is 0 Å². The molecule has 0 aromatic heterocycles. The molecule has 1 aliphatic heterocycles. The minimum absolute atomic E-state index is 0.191. The van der Waals surface area contributed by atoms with Gasteiger partial charge in [0.15, 0.2) is 0 Å². The number of thiocarbonyl (C=S) groups is 1. The fourth-order valence-electron chi connectivity index (χ4n) is 4.27. The summed E-state index contributed by atoms with van der Waals surface area (Å²) in [5.41, 5.74) is 1.57. The third-order valence-corrected chi connectivity index (χ3v) is 6.96. The largest absolute Gasteiger partial charge is 0.432 e. The van der Waals surface area contributed by atoms with Crippen LogP contribution in [0.2, 0.25) is 0 Å². The molecule has 1 aromatic rings. The van der Waals surface area contributed by atoms with Crippen molar-refractivity contribution in [1.82, 2.24) is 9.80 Å². The lowest BCUT2D eigenvalue weighted by molar-refractivity contribution is 0.109. The van der Waals surface area contributed by atoms with Crippen molar-refractivity contribution in [1.29, 1.82) is 0 Å². The van der Waals surface area contributed by atoms with Crippen molar-refractivity contribution in [2.75, 3.05) is 32.7 Å². The summed E-state index contributed by atoms with van der Waals surface area (Å²) in [5.74, 6) is 1.49. The van der Waals surface area contributed by atoms with Gasteiger partial charge in [0, 0.05) is 19.6 Å². The zero-order valence-corrected chi connectivity index (χ0v) is 19.5. The van der Waals surface area contributed by atoms with E-state index in [2.05, 4.69) is 62.6 Å². The Morgan fingerprint density at radius 1 is 1.21 bits per heavy atom. The third-order valence-electron chi connectivity index (χ3n) is 6.62. The number of hydrogen-bond donors (Lipinski definition) is 0. The van der Waals surface area contributed by atoms with Crippen molar-refractivity contribution in [3.8, 4) is 5.75 Å². The summed E-state index contributed by atoms with van der Waals surface area (Å²) in [7, 11) is 0. The van der Waals surface area contributed by atoms with E-state index >= 15 is 0 Å². The van der Waals surface area contributed by atoms with Crippen LogP contribution in [0, 0.1) is 5.92 Å². The molecule has 2 unspecified atom stereocenters. The Balaban J connectivity index is 2.01. The van der Waals surface area contributed by atoms with Gasteiger partial charge >= 0.3 is 0 Å². The molecule has 0 amide bonds. The van der Waals surface area contributed by atoms with Gasteiger partial charge in [-0.15, -0.1) is 0 Å². The zero-order valence-electron chi connectivity index (χ0n) is 18.7. The van der Waals surface area contributed by atoms with E-state index in [0.717, 1.165) is 18.8 Å². The Labute approximate surface area is 178 Å². The van der Waals surface area contributed by atoms with Crippen LogP contribution >= 0.6 is 12.2 Å². The summed E-state index contributed by atoms with van der Waals surface area (Å²) in [4.78, 5) is 4.74. The Morgan fingerprint density at radius 3 is 2.61 bits per heavy atom. The summed E-state index contributed by atoms with van der Waals surface area (Å²) in [5, 5.41) is 0.572. The van der Waals surface area contributed by atoms with Crippen molar-refractivity contribution >= 4 is 17.4 Å². The number of unbranched alkanes of at least 4 members (excludes halogenated alkanes) is 3. The summed E-state index contributed by atoms with van der Waals surface area (Å²) in [6, 6.07) is 8.62. The monoisotopic (exact) mass is 404 g/mol. The lowest BCUT2D eigenvalue weighted by atomic mass is 9.68. The maximum absolute atomic E-state index is 6.01. The van der Waals surface area contributed by atoms with Crippen molar-refractivity contribution in [2.24, 2.45) is 5.92 Å². The van der Waals surface area contributed by atoms with Gasteiger partial charge < -0.3 is 14.5 Å². The molecule has 0 radical (unpaired) electrons. The lowest BCUT2D eigenvalue weighted by Crippen LogP contribution is -2.47. The molecule has 1 aliphatic rings. The smallest absolute Gasteiger partial charge is 0.264 e. The molecular weight excluding hydrogens is 364 g/mol. The first-order valence-corrected chi connectivity index (χ1v) is 11.6. The maximum Gasteiger partial charge on any atom is 0.264 e. The normalized spacial score (nSPS) is 22.8. The molecule has 28 heavy (non-hydrogen) atoms. The van der Waals surface area contributed by atoms with Crippen molar-refractivity contribution in [3.05, 3.63) is 29.8 Å². The van der Waals surface area contributed by atoms with Gasteiger partial charge in [0.25, 0.3) is 5.17 Å². The summed E-state index contributed by atoms with van der Waals surface area (Å²) >= 11 is 5.48. The van der Waals surface area contributed by atoms with Crippen LogP contribution in [0.15, 0.2) is 24.3 Å². The topological polar surface area (TPSA) is 15.7 Å². The van der Waals surface area contributed by atoms with Gasteiger partial charge in [-0.3, -0.25) is 0 Å². The van der Waals surface area contributed by atoms with Gasteiger partial charge in [-0.1, -0.05) is 52.2 Å². The highest BCUT2D eigenvalue weighted by atomic mass is 32.1. The first kappa shape index (κ1) is 23.2. The van der Waals surface area contributed by atoms with E-state index in [0.29, 0.717) is 11.1 Å². The number of benzene rings is 1. The molecule has 2 rings (SSSR count). The van der Waals surface area contributed by atoms with Gasteiger partial charge in [-0.25, -0.2) is 0 Å². The molecule has 4 heteroatoms. The van der Waals surface area contributed by atoms with Crippen molar-refractivity contribution in [2.45, 2.75) is 72.1 Å². The Hall–Kier alpha value is -1.13. The van der Waals surface area contributed by atoms with Crippen molar-refractivity contribution in [3.63, 3.8) is 0 Å². The maximum atomic E-state index is 6.01. The zero-order chi connectivity index (χ0) is 20.6. The third kappa shape index (κ3) is 5.93. The summed E-state index contributed by atoms with van der Waals surface area (Å²) in [6.07, 6.45) is 6.58. The van der Waals surface area contributed by atoms with Gasteiger partial charge in [0.05, 0.1) is 0 Å². The molecule has 1 heterocycles. The lowest BCUT2D eigenvalue weighted by Gasteiger charge is -2.45. The number of rotatable bonds is 9. The molecule has 0 aliphatic carbocycles. The Kier molecular flexibility index (Phi) is 9.23. The SMILES string of the molecule is CCCCCCN1CCC(C)(c2cccc(OC(=S)N(CC)CC)c2)C(C)C1. The summed E-state index contributed by atoms with van der Waals surface area (Å²) in [6.45, 7) is 16.7. The van der Waals surface area contributed by atoms with Crippen LogP contribution in [0.4, 0.5) is 0 Å². The van der Waals surface area contributed by atoms with E-state index in [9.17, 15) is 0 Å². The Morgan fingerprint density at radius 2 is 1.96 bits per heavy atom.